The van der Waals surface area contributed by atoms with E-state index in [9.17, 15) is 4.79 Å². The van der Waals surface area contributed by atoms with Gasteiger partial charge < -0.3 is 4.90 Å². The zero-order valence-corrected chi connectivity index (χ0v) is 22.5. The Balaban J connectivity index is 1.60. The highest BCUT2D eigenvalue weighted by Gasteiger charge is 2.25. The number of thioether (sulfide) groups is 1. The van der Waals surface area contributed by atoms with Crippen molar-refractivity contribution in [2.24, 2.45) is 0 Å². The van der Waals surface area contributed by atoms with E-state index >= 15 is 0 Å². The molecule has 0 saturated heterocycles. The molecule has 8 heteroatoms. The number of aryl methyl sites for hydroxylation is 1. The van der Waals surface area contributed by atoms with Gasteiger partial charge in [0.25, 0.3) is 10.6 Å². The molecule has 174 valence electrons. The number of rotatable bonds is 5. The summed E-state index contributed by atoms with van der Waals surface area (Å²) in [6, 6.07) is 14.5. The Bertz CT molecular complexity index is 1550. The second-order valence-corrected chi connectivity index (χ2v) is 11.4. The van der Waals surface area contributed by atoms with Crippen molar-refractivity contribution in [1.82, 2.24) is 4.57 Å². The summed E-state index contributed by atoms with van der Waals surface area (Å²) in [5, 5.41) is 4.93. The van der Waals surface area contributed by atoms with Gasteiger partial charge in [0.15, 0.2) is 12.7 Å². The van der Waals surface area contributed by atoms with Gasteiger partial charge in [-0.15, -0.1) is 11.3 Å². The van der Waals surface area contributed by atoms with E-state index in [0.717, 1.165) is 41.9 Å². The molecule has 0 N–H and O–H groups in total. The van der Waals surface area contributed by atoms with Gasteiger partial charge in [-0.05, 0) is 37.1 Å². The van der Waals surface area contributed by atoms with Crippen LogP contribution in [0.25, 0.3) is 11.1 Å². The predicted molar refractivity (Wildman–Crippen MR) is 146 cm³/mol. The van der Waals surface area contributed by atoms with Crippen LogP contribution in [0.1, 0.15) is 30.0 Å². The van der Waals surface area contributed by atoms with E-state index in [-0.39, 0.29) is 5.56 Å². The van der Waals surface area contributed by atoms with E-state index in [1.54, 1.807) is 34.4 Å². The Kier molecular flexibility index (Phi) is 6.71. The van der Waals surface area contributed by atoms with Gasteiger partial charge in [0.05, 0.1) is 22.2 Å². The number of halogens is 1. The molecule has 4 aromatic rings. The van der Waals surface area contributed by atoms with Gasteiger partial charge in [0.1, 0.15) is 14.2 Å². The zero-order chi connectivity index (χ0) is 23.8. The summed E-state index contributed by atoms with van der Waals surface area (Å²) < 4.78 is 5.82. The van der Waals surface area contributed by atoms with Gasteiger partial charge in [-0.25, -0.2) is 0 Å². The molecule has 3 heterocycles. The van der Waals surface area contributed by atoms with E-state index in [1.165, 1.54) is 10.5 Å². The molecule has 0 aliphatic carbocycles. The number of anilines is 1. The van der Waals surface area contributed by atoms with Crippen LogP contribution < -0.4 is 24.2 Å². The first-order valence-electron chi connectivity index (χ1n) is 11.2. The van der Waals surface area contributed by atoms with Crippen LogP contribution in [0, 0.1) is 0 Å². The molecule has 0 spiro atoms. The third-order valence-electron chi connectivity index (χ3n) is 5.99. The first kappa shape index (κ1) is 23.4. The van der Waals surface area contributed by atoms with Crippen LogP contribution in [-0.4, -0.2) is 11.6 Å². The molecule has 0 fully saturated rings. The van der Waals surface area contributed by atoms with Crippen molar-refractivity contribution < 1.29 is 4.57 Å². The Morgan fingerprint density at radius 2 is 1.97 bits per heavy atom. The SMILES string of the molecule is CCc1ccc2c(c1)S/C(=c1/s/c(=C\c3scc[n+]3Cc3ccccc3Cl)n(CC)c1=O)N2C. The molecule has 2 aromatic carbocycles. The summed E-state index contributed by atoms with van der Waals surface area (Å²) in [4.78, 5) is 16.8. The molecule has 0 unspecified atom stereocenters. The minimum Gasteiger partial charge on any atom is -0.337 e. The van der Waals surface area contributed by atoms with Crippen LogP contribution in [0.3, 0.4) is 0 Å². The van der Waals surface area contributed by atoms with Crippen molar-refractivity contribution in [2.45, 2.75) is 38.3 Å². The first-order chi connectivity index (χ1) is 16.5. The highest BCUT2D eigenvalue weighted by molar-refractivity contribution is 8.08. The van der Waals surface area contributed by atoms with Gasteiger partial charge in [0.2, 0.25) is 0 Å². The van der Waals surface area contributed by atoms with E-state index in [2.05, 4.69) is 59.3 Å². The van der Waals surface area contributed by atoms with Crippen molar-refractivity contribution in [2.75, 3.05) is 11.9 Å². The van der Waals surface area contributed by atoms with E-state index in [4.69, 9.17) is 11.6 Å². The summed E-state index contributed by atoms with van der Waals surface area (Å²) in [7, 11) is 2.05. The number of fused-ring (bicyclic) bond motifs is 1. The summed E-state index contributed by atoms with van der Waals surface area (Å²) in [5.41, 5.74) is 3.62. The minimum atomic E-state index is 0.0748. The topological polar surface area (TPSA) is 29.1 Å². The lowest BCUT2D eigenvalue weighted by Crippen LogP contribution is -2.36. The summed E-state index contributed by atoms with van der Waals surface area (Å²) >= 11 is 11.3. The van der Waals surface area contributed by atoms with Crippen LogP contribution in [-0.2, 0) is 19.5 Å². The van der Waals surface area contributed by atoms with Gasteiger partial charge in [-0.1, -0.05) is 65.9 Å². The number of aromatic nitrogens is 2. The Labute approximate surface area is 216 Å². The van der Waals surface area contributed by atoms with Crippen molar-refractivity contribution in [3.8, 4) is 0 Å². The van der Waals surface area contributed by atoms with Crippen molar-refractivity contribution in [3.05, 3.63) is 94.7 Å². The summed E-state index contributed by atoms with van der Waals surface area (Å²) in [6.45, 7) is 5.51. The highest BCUT2D eigenvalue weighted by Crippen LogP contribution is 2.45. The second kappa shape index (κ2) is 9.74. The number of nitrogens with zero attached hydrogens (tertiary/aromatic N) is 3. The Hall–Kier alpha value is -2.32. The van der Waals surface area contributed by atoms with Crippen LogP contribution in [0.4, 0.5) is 5.69 Å². The fourth-order valence-electron chi connectivity index (χ4n) is 4.06. The maximum Gasteiger partial charge on any atom is 0.271 e. The molecule has 0 amide bonds. The van der Waals surface area contributed by atoms with Gasteiger partial charge in [0, 0.05) is 24.1 Å². The number of benzene rings is 2. The van der Waals surface area contributed by atoms with Crippen molar-refractivity contribution in [1.29, 1.82) is 0 Å². The third kappa shape index (κ3) is 4.26. The fraction of sp³-hybridized carbons (Fsp3) is 0.231. The lowest BCUT2D eigenvalue weighted by atomic mass is 10.1. The first-order valence-corrected chi connectivity index (χ1v) is 14.1. The molecule has 0 bridgehead atoms. The lowest BCUT2D eigenvalue weighted by Gasteiger charge is -2.12. The van der Waals surface area contributed by atoms with Crippen LogP contribution >= 0.6 is 46.0 Å². The van der Waals surface area contributed by atoms with Gasteiger partial charge >= 0.3 is 0 Å². The molecular formula is C26H25ClN3OS3+. The number of hydrogen-bond donors (Lipinski definition) is 0. The average molecular weight is 527 g/mol. The van der Waals surface area contributed by atoms with E-state index in [1.807, 2.05) is 35.8 Å². The van der Waals surface area contributed by atoms with Crippen LogP contribution in [0.5, 0.6) is 0 Å². The average Bonchev–Trinajstić information content (AvgIpc) is 3.51. The maximum absolute atomic E-state index is 13.4. The fourth-order valence-corrected chi connectivity index (χ4v) is 7.64. The van der Waals surface area contributed by atoms with Crippen LogP contribution in [0.15, 0.2) is 63.7 Å². The number of thiazole rings is 2. The lowest BCUT2D eigenvalue weighted by molar-refractivity contribution is -0.685. The summed E-state index contributed by atoms with van der Waals surface area (Å²) in [6.07, 6.45) is 5.20. The molecule has 1 aliphatic heterocycles. The normalized spacial score (nSPS) is 15.3. The largest absolute Gasteiger partial charge is 0.337 e. The standard InChI is InChI=1S/C26H25ClN3OS3/c1-4-17-10-11-20-21(14-17)33-26(28(20)3)24-25(31)30(5-2)23(34-24)15-22-29(12-13-32-22)16-18-8-6-7-9-19(18)27/h6-15H,4-5,16H2,1-3H3/q+1/b26-24+. The third-order valence-corrected chi connectivity index (χ3v) is 9.67. The molecule has 5 rings (SSSR count). The second-order valence-electron chi connectivity index (χ2n) is 8.05. The van der Waals surface area contributed by atoms with E-state index in [0.29, 0.717) is 13.1 Å². The minimum absolute atomic E-state index is 0.0748. The van der Waals surface area contributed by atoms with Crippen molar-refractivity contribution in [3.63, 3.8) is 0 Å². The molecule has 4 nitrogen and oxygen atoms in total. The molecule has 34 heavy (non-hydrogen) atoms. The number of hydrogen-bond acceptors (Lipinski definition) is 5. The van der Waals surface area contributed by atoms with Crippen molar-refractivity contribution >= 4 is 62.8 Å². The predicted octanol–water partition coefficient (Wildman–Crippen LogP) is 4.68. The van der Waals surface area contributed by atoms with Crippen LogP contribution in [0.2, 0.25) is 5.02 Å². The highest BCUT2D eigenvalue weighted by atomic mass is 35.5. The maximum atomic E-state index is 13.4. The Morgan fingerprint density at radius 1 is 1.15 bits per heavy atom. The molecule has 0 radical (unpaired) electrons. The summed E-state index contributed by atoms with van der Waals surface area (Å²) in [5.74, 6) is 0. The van der Waals surface area contributed by atoms with Gasteiger partial charge in [-0.3, -0.25) is 9.36 Å². The molecule has 2 aromatic heterocycles. The molecule has 0 atom stereocenters. The smallest absolute Gasteiger partial charge is 0.271 e. The zero-order valence-electron chi connectivity index (χ0n) is 19.2. The molecular weight excluding hydrogens is 502 g/mol. The van der Waals surface area contributed by atoms with Gasteiger partial charge in [-0.2, -0.15) is 4.57 Å². The quantitative estimate of drug-likeness (QED) is 0.354. The van der Waals surface area contributed by atoms with E-state index < -0.39 is 0 Å². The Morgan fingerprint density at radius 3 is 2.74 bits per heavy atom. The molecule has 0 saturated carbocycles. The molecule has 1 aliphatic rings. The monoisotopic (exact) mass is 526 g/mol.